The molecule has 0 fully saturated rings. The maximum Gasteiger partial charge on any atom is 0.318 e. The van der Waals surface area contributed by atoms with E-state index in [1.165, 1.54) is 11.3 Å². The first-order valence-electron chi connectivity index (χ1n) is 8.01. The molecule has 0 atom stereocenters. The lowest BCUT2D eigenvalue weighted by Crippen LogP contribution is -2.20. The zero-order valence-corrected chi connectivity index (χ0v) is 14.7. The molecule has 3 nitrogen and oxygen atoms in total. The number of aryl methyl sites for hydroxylation is 1. The molecule has 4 heteroatoms. The van der Waals surface area contributed by atoms with Gasteiger partial charge < -0.3 is 4.74 Å². The summed E-state index contributed by atoms with van der Waals surface area (Å²) < 4.78 is 5.36. The smallest absolute Gasteiger partial charge is 0.318 e. The average Bonchev–Trinajstić information content (AvgIpc) is 3.08. The van der Waals surface area contributed by atoms with E-state index in [0.717, 1.165) is 16.0 Å². The first-order valence-corrected chi connectivity index (χ1v) is 8.83. The zero-order valence-electron chi connectivity index (χ0n) is 13.8. The molecule has 0 bridgehead atoms. The van der Waals surface area contributed by atoms with Gasteiger partial charge in [0.05, 0.1) is 4.88 Å². The lowest BCUT2D eigenvalue weighted by molar-refractivity contribution is -0.143. The Labute approximate surface area is 150 Å². The summed E-state index contributed by atoms with van der Waals surface area (Å²) in [6, 6.07) is 22.6. The van der Waals surface area contributed by atoms with Crippen LogP contribution in [0.5, 0.6) is 0 Å². The fraction of sp³-hybridized carbons (Fsp3) is 0.143. The zero-order chi connectivity index (χ0) is 17.6. The summed E-state index contributed by atoms with van der Waals surface area (Å²) in [5.74, 6) is -1.13. The molecular weight excluding hydrogens is 332 g/mol. The molecule has 0 N–H and O–H groups in total. The van der Waals surface area contributed by atoms with Crippen molar-refractivity contribution in [1.82, 2.24) is 0 Å². The molecule has 3 rings (SSSR count). The van der Waals surface area contributed by atoms with Crippen molar-refractivity contribution in [3.8, 4) is 0 Å². The SMILES string of the molecule is Cc1ccc(C(=O)COC(=O)C(c2ccccc2)c2ccccc2)s1. The Morgan fingerprint density at radius 3 is 1.92 bits per heavy atom. The van der Waals surface area contributed by atoms with Crippen molar-refractivity contribution in [1.29, 1.82) is 0 Å². The molecule has 0 radical (unpaired) electrons. The molecule has 25 heavy (non-hydrogen) atoms. The van der Waals surface area contributed by atoms with E-state index >= 15 is 0 Å². The maximum atomic E-state index is 12.7. The van der Waals surface area contributed by atoms with Gasteiger partial charge in [0.1, 0.15) is 5.92 Å². The minimum atomic E-state index is -0.541. The molecule has 0 spiro atoms. The highest BCUT2D eigenvalue weighted by atomic mass is 32.1. The van der Waals surface area contributed by atoms with Crippen molar-refractivity contribution in [2.45, 2.75) is 12.8 Å². The second kappa shape index (κ2) is 7.90. The summed E-state index contributed by atoms with van der Waals surface area (Å²) in [7, 11) is 0. The summed E-state index contributed by atoms with van der Waals surface area (Å²) in [6.07, 6.45) is 0. The van der Waals surface area contributed by atoms with Crippen LogP contribution in [0.15, 0.2) is 72.8 Å². The summed E-state index contributed by atoms with van der Waals surface area (Å²) in [5, 5.41) is 0. The van der Waals surface area contributed by atoms with Crippen LogP contribution in [-0.2, 0) is 9.53 Å². The molecule has 0 aliphatic carbocycles. The van der Waals surface area contributed by atoms with E-state index in [1.54, 1.807) is 6.07 Å². The topological polar surface area (TPSA) is 43.4 Å². The Balaban J connectivity index is 1.77. The van der Waals surface area contributed by atoms with Gasteiger partial charge in [0.15, 0.2) is 6.61 Å². The fourth-order valence-electron chi connectivity index (χ4n) is 2.63. The average molecular weight is 350 g/mol. The van der Waals surface area contributed by atoms with Crippen LogP contribution in [0.3, 0.4) is 0 Å². The second-order valence-electron chi connectivity index (χ2n) is 5.70. The van der Waals surface area contributed by atoms with Crippen LogP contribution in [0.1, 0.15) is 31.6 Å². The van der Waals surface area contributed by atoms with E-state index < -0.39 is 11.9 Å². The summed E-state index contributed by atoms with van der Waals surface area (Å²) in [5.41, 5.74) is 1.69. The van der Waals surface area contributed by atoms with E-state index in [-0.39, 0.29) is 12.4 Å². The quantitative estimate of drug-likeness (QED) is 0.481. The number of esters is 1. The number of ketones is 1. The number of carbonyl (C=O) groups is 2. The molecule has 3 aromatic rings. The largest absolute Gasteiger partial charge is 0.457 e. The van der Waals surface area contributed by atoms with Gasteiger partial charge in [-0.3, -0.25) is 9.59 Å². The number of ether oxygens (including phenoxy) is 1. The maximum absolute atomic E-state index is 12.7. The van der Waals surface area contributed by atoms with Gasteiger partial charge in [0.2, 0.25) is 5.78 Å². The Morgan fingerprint density at radius 2 is 1.44 bits per heavy atom. The number of hydrogen-bond donors (Lipinski definition) is 0. The lowest BCUT2D eigenvalue weighted by atomic mass is 9.91. The first kappa shape index (κ1) is 17.1. The lowest BCUT2D eigenvalue weighted by Gasteiger charge is -2.16. The highest BCUT2D eigenvalue weighted by molar-refractivity contribution is 7.14. The van der Waals surface area contributed by atoms with Crippen LogP contribution in [0.2, 0.25) is 0 Å². The van der Waals surface area contributed by atoms with Crippen molar-refractivity contribution in [2.24, 2.45) is 0 Å². The summed E-state index contributed by atoms with van der Waals surface area (Å²) >= 11 is 1.41. The van der Waals surface area contributed by atoms with Crippen molar-refractivity contribution < 1.29 is 14.3 Å². The van der Waals surface area contributed by atoms with Crippen molar-refractivity contribution in [2.75, 3.05) is 6.61 Å². The van der Waals surface area contributed by atoms with Crippen molar-refractivity contribution >= 4 is 23.1 Å². The van der Waals surface area contributed by atoms with Gasteiger partial charge in [-0.1, -0.05) is 60.7 Å². The van der Waals surface area contributed by atoms with Gasteiger partial charge in [-0.15, -0.1) is 11.3 Å². The minimum Gasteiger partial charge on any atom is -0.457 e. The minimum absolute atomic E-state index is 0.175. The van der Waals surface area contributed by atoms with Gasteiger partial charge in [0.25, 0.3) is 0 Å². The van der Waals surface area contributed by atoms with Crippen molar-refractivity contribution in [3.63, 3.8) is 0 Å². The first-order chi connectivity index (χ1) is 12.1. The van der Waals surface area contributed by atoms with E-state index in [2.05, 4.69) is 0 Å². The predicted octanol–water partition coefficient (Wildman–Crippen LogP) is 4.61. The van der Waals surface area contributed by atoms with Gasteiger partial charge >= 0.3 is 5.97 Å². The Morgan fingerprint density at radius 1 is 0.880 bits per heavy atom. The van der Waals surface area contributed by atoms with Crippen LogP contribution >= 0.6 is 11.3 Å². The number of hydrogen-bond acceptors (Lipinski definition) is 4. The van der Waals surface area contributed by atoms with Crippen molar-refractivity contribution in [3.05, 3.63) is 93.7 Å². The molecular formula is C21H18O3S. The highest BCUT2D eigenvalue weighted by Gasteiger charge is 2.25. The van der Waals surface area contributed by atoms with E-state index in [1.807, 2.05) is 73.7 Å². The standard InChI is InChI=1S/C21H18O3S/c1-15-12-13-19(25-15)18(22)14-24-21(23)20(16-8-4-2-5-9-16)17-10-6-3-7-11-17/h2-13,20H,14H2,1H3. The third-order valence-electron chi connectivity index (χ3n) is 3.86. The molecule has 0 amide bonds. The number of benzene rings is 2. The fourth-order valence-corrected chi connectivity index (χ4v) is 3.42. The van der Waals surface area contributed by atoms with Gasteiger partial charge in [-0.25, -0.2) is 0 Å². The van der Waals surface area contributed by atoms with Gasteiger partial charge in [-0.2, -0.15) is 0 Å². The van der Waals surface area contributed by atoms with E-state index in [0.29, 0.717) is 4.88 Å². The third-order valence-corrected chi connectivity index (χ3v) is 4.90. The van der Waals surface area contributed by atoms with Crippen LogP contribution in [0, 0.1) is 6.92 Å². The van der Waals surface area contributed by atoms with Gasteiger partial charge in [0, 0.05) is 4.88 Å². The number of thiophene rings is 1. The Hall–Kier alpha value is -2.72. The molecule has 0 saturated carbocycles. The van der Waals surface area contributed by atoms with Crippen LogP contribution < -0.4 is 0 Å². The van der Waals surface area contributed by atoms with Crippen LogP contribution in [-0.4, -0.2) is 18.4 Å². The number of carbonyl (C=O) groups excluding carboxylic acids is 2. The second-order valence-corrected chi connectivity index (χ2v) is 6.98. The molecule has 0 unspecified atom stereocenters. The molecule has 1 heterocycles. The number of rotatable bonds is 6. The Kier molecular flexibility index (Phi) is 5.41. The monoisotopic (exact) mass is 350 g/mol. The normalized spacial score (nSPS) is 10.6. The molecule has 0 aliphatic heterocycles. The van der Waals surface area contributed by atoms with Crippen LogP contribution in [0.25, 0.3) is 0 Å². The third kappa shape index (κ3) is 4.22. The predicted molar refractivity (Wildman–Crippen MR) is 99.1 cm³/mol. The highest BCUT2D eigenvalue weighted by Crippen LogP contribution is 2.26. The molecule has 2 aromatic carbocycles. The Bertz CT molecular complexity index is 814. The van der Waals surface area contributed by atoms with E-state index in [4.69, 9.17) is 4.74 Å². The summed E-state index contributed by atoms with van der Waals surface area (Å²) in [6.45, 7) is 1.70. The molecule has 126 valence electrons. The number of Topliss-reactive ketones (excluding diaryl/α,β-unsaturated/α-hetero) is 1. The summed E-state index contributed by atoms with van der Waals surface area (Å²) in [4.78, 5) is 26.6. The molecule has 0 aliphatic rings. The molecule has 1 aromatic heterocycles. The van der Waals surface area contributed by atoms with Crippen LogP contribution in [0.4, 0.5) is 0 Å². The van der Waals surface area contributed by atoms with E-state index in [9.17, 15) is 9.59 Å². The van der Waals surface area contributed by atoms with Gasteiger partial charge in [-0.05, 0) is 30.2 Å². The molecule has 0 saturated heterocycles.